The minimum Gasteiger partial charge on any atom is -0.452 e. The molecule has 25 heavy (non-hydrogen) atoms. The van der Waals surface area contributed by atoms with Gasteiger partial charge in [-0.25, -0.2) is 13.6 Å². The Morgan fingerprint density at radius 2 is 1.80 bits per heavy atom. The second-order valence-corrected chi connectivity index (χ2v) is 5.83. The first kappa shape index (κ1) is 18.6. The van der Waals surface area contributed by atoms with Crippen molar-refractivity contribution < 1.29 is 23.1 Å². The molecule has 2 aromatic carbocycles. The largest absolute Gasteiger partial charge is 0.452 e. The number of rotatable bonds is 5. The van der Waals surface area contributed by atoms with E-state index in [1.165, 1.54) is 6.07 Å². The number of hydrogen-bond acceptors (Lipinski definition) is 3. The van der Waals surface area contributed by atoms with Crippen molar-refractivity contribution in [2.45, 2.75) is 26.8 Å². The van der Waals surface area contributed by atoms with Crippen LogP contribution in [0.25, 0.3) is 0 Å². The van der Waals surface area contributed by atoms with Gasteiger partial charge >= 0.3 is 5.97 Å². The van der Waals surface area contributed by atoms with Gasteiger partial charge in [-0.1, -0.05) is 12.1 Å². The lowest BCUT2D eigenvalue weighted by atomic mass is 10.1. The van der Waals surface area contributed by atoms with Crippen LogP contribution in [0.1, 0.15) is 40.0 Å². The predicted octanol–water partition coefficient (Wildman–Crippen LogP) is 3.62. The normalized spacial score (nSPS) is 11.7. The van der Waals surface area contributed by atoms with Crippen molar-refractivity contribution >= 4 is 11.9 Å². The molecule has 0 aromatic heterocycles. The fourth-order valence-electron chi connectivity index (χ4n) is 2.30. The zero-order chi connectivity index (χ0) is 18.6. The lowest BCUT2D eigenvalue weighted by Gasteiger charge is -2.15. The lowest BCUT2D eigenvalue weighted by molar-refractivity contribution is -0.124. The van der Waals surface area contributed by atoms with Crippen molar-refractivity contribution in [1.29, 1.82) is 0 Å². The number of benzene rings is 2. The van der Waals surface area contributed by atoms with E-state index in [0.29, 0.717) is 5.56 Å². The van der Waals surface area contributed by atoms with Gasteiger partial charge in [0, 0.05) is 11.6 Å². The first-order valence-electron chi connectivity index (χ1n) is 7.76. The van der Waals surface area contributed by atoms with E-state index in [2.05, 4.69) is 5.32 Å². The van der Waals surface area contributed by atoms with Gasteiger partial charge in [0.2, 0.25) is 0 Å². The van der Waals surface area contributed by atoms with Crippen LogP contribution in [-0.4, -0.2) is 18.5 Å². The summed E-state index contributed by atoms with van der Waals surface area (Å²) in [7, 11) is 0. The van der Waals surface area contributed by atoms with E-state index in [-0.39, 0.29) is 5.56 Å². The molecule has 4 nitrogen and oxygen atoms in total. The zero-order valence-electron chi connectivity index (χ0n) is 14.2. The number of hydrogen-bond donors (Lipinski definition) is 1. The monoisotopic (exact) mass is 347 g/mol. The molecule has 2 rings (SSSR count). The molecule has 2 aromatic rings. The first-order valence-corrected chi connectivity index (χ1v) is 7.76. The van der Waals surface area contributed by atoms with Crippen LogP contribution in [0.4, 0.5) is 8.78 Å². The molecule has 0 saturated heterocycles. The van der Waals surface area contributed by atoms with Crippen LogP contribution >= 0.6 is 0 Å². The number of carbonyl (C=O) groups excluding carboxylic acids is 2. The van der Waals surface area contributed by atoms with Gasteiger partial charge in [0.15, 0.2) is 6.61 Å². The first-order chi connectivity index (χ1) is 11.8. The fourth-order valence-corrected chi connectivity index (χ4v) is 2.30. The Bertz CT molecular complexity index is 805. The summed E-state index contributed by atoms with van der Waals surface area (Å²) in [6.07, 6.45) is 0. The molecular formula is C19H19F2NO3. The number of esters is 1. The van der Waals surface area contributed by atoms with Crippen molar-refractivity contribution in [2.75, 3.05) is 6.61 Å². The molecule has 6 heteroatoms. The summed E-state index contributed by atoms with van der Waals surface area (Å²) in [6.45, 7) is 4.86. The summed E-state index contributed by atoms with van der Waals surface area (Å²) in [5.41, 5.74) is 2.49. The number of carbonyl (C=O) groups is 2. The summed E-state index contributed by atoms with van der Waals surface area (Å²) in [5.74, 6) is -2.63. The van der Waals surface area contributed by atoms with Gasteiger partial charge in [-0.3, -0.25) is 4.79 Å². The molecule has 0 saturated carbocycles. The molecule has 0 spiro atoms. The highest BCUT2D eigenvalue weighted by Gasteiger charge is 2.16. The van der Waals surface area contributed by atoms with E-state index in [4.69, 9.17) is 4.74 Å². The molecule has 0 aliphatic carbocycles. The second kappa shape index (κ2) is 7.88. The van der Waals surface area contributed by atoms with Crippen LogP contribution in [0.3, 0.4) is 0 Å². The molecule has 0 radical (unpaired) electrons. The molecule has 1 atom stereocenters. The maximum absolute atomic E-state index is 13.7. The van der Waals surface area contributed by atoms with E-state index in [1.807, 2.05) is 13.8 Å². The Morgan fingerprint density at radius 1 is 1.08 bits per heavy atom. The third-order valence-corrected chi connectivity index (χ3v) is 3.88. The van der Waals surface area contributed by atoms with Gasteiger partial charge in [0.05, 0.1) is 11.6 Å². The number of nitrogens with one attached hydrogen (secondary N) is 1. The molecule has 0 aliphatic heterocycles. The molecule has 1 N–H and O–H groups in total. The summed E-state index contributed by atoms with van der Waals surface area (Å²) in [5, 5.41) is 2.51. The summed E-state index contributed by atoms with van der Waals surface area (Å²) in [6, 6.07) is 7.54. The Morgan fingerprint density at radius 3 is 2.44 bits per heavy atom. The van der Waals surface area contributed by atoms with Gasteiger partial charge in [0.1, 0.15) is 11.6 Å². The minimum absolute atomic E-state index is 0.148. The Labute approximate surface area is 144 Å². The van der Waals surface area contributed by atoms with E-state index in [9.17, 15) is 18.4 Å². The van der Waals surface area contributed by atoms with Crippen LogP contribution in [0.15, 0.2) is 36.4 Å². The number of aryl methyl sites for hydroxylation is 2. The third kappa shape index (κ3) is 4.86. The number of ether oxygens (including phenoxy) is 1. The van der Waals surface area contributed by atoms with Crippen molar-refractivity contribution in [3.8, 4) is 0 Å². The topological polar surface area (TPSA) is 55.4 Å². The Kier molecular flexibility index (Phi) is 5.85. The number of halogens is 2. The van der Waals surface area contributed by atoms with Gasteiger partial charge in [-0.15, -0.1) is 0 Å². The van der Waals surface area contributed by atoms with Crippen LogP contribution < -0.4 is 5.32 Å². The summed E-state index contributed by atoms with van der Waals surface area (Å²) >= 11 is 0. The van der Waals surface area contributed by atoms with E-state index >= 15 is 0 Å². The average Bonchev–Trinajstić information content (AvgIpc) is 2.55. The van der Waals surface area contributed by atoms with Crippen LogP contribution in [0, 0.1) is 25.5 Å². The molecule has 0 aliphatic rings. The highest BCUT2D eigenvalue weighted by molar-refractivity contribution is 5.91. The smallest absolute Gasteiger partial charge is 0.338 e. The quantitative estimate of drug-likeness (QED) is 0.841. The zero-order valence-corrected chi connectivity index (χ0v) is 14.2. The van der Waals surface area contributed by atoms with Gasteiger partial charge in [0.25, 0.3) is 5.91 Å². The van der Waals surface area contributed by atoms with E-state index in [1.54, 1.807) is 25.1 Å². The van der Waals surface area contributed by atoms with Gasteiger partial charge < -0.3 is 10.1 Å². The van der Waals surface area contributed by atoms with Crippen molar-refractivity contribution in [3.05, 3.63) is 70.3 Å². The van der Waals surface area contributed by atoms with E-state index < -0.39 is 36.2 Å². The predicted molar refractivity (Wildman–Crippen MR) is 89.1 cm³/mol. The number of amides is 1. The summed E-state index contributed by atoms with van der Waals surface area (Å²) in [4.78, 5) is 23.8. The molecule has 1 amide bonds. The molecule has 0 fully saturated rings. The van der Waals surface area contributed by atoms with Crippen molar-refractivity contribution in [3.63, 3.8) is 0 Å². The minimum atomic E-state index is -0.750. The molecule has 132 valence electrons. The molecule has 0 unspecified atom stereocenters. The van der Waals surface area contributed by atoms with Crippen LogP contribution in [0.2, 0.25) is 0 Å². The summed E-state index contributed by atoms with van der Waals surface area (Å²) < 4.78 is 31.6. The third-order valence-electron chi connectivity index (χ3n) is 3.88. The highest BCUT2D eigenvalue weighted by Crippen LogP contribution is 2.17. The molecule has 0 heterocycles. The van der Waals surface area contributed by atoms with Crippen molar-refractivity contribution in [1.82, 2.24) is 5.32 Å². The van der Waals surface area contributed by atoms with Crippen molar-refractivity contribution in [2.24, 2.45) is 0 Å². The lowest BCUT2D eigenvalue weighted by Crippen LogP contribution is -2.31. The molecular weight excluding hydrogens is 328 g/mol. The van der Waals surface area contributed by atoms with Crippen LogP contribution in [0.5, 0.6) is 0 Å². The second-order valence-electron chi connectivity index (χ2n) is 5.83. The maximum Gasteiger partial charge on any atom is 0.338 e. The Hall–Kier alpha value is -2.76. The SMILES string of the molecule is Cc1ccc(C(=O)OCC(=O)N[C@H](C)c2ccc(F)cc2F)cc1C. The van der Waals surface area contributed by atoms with Gasteiger partial charge in [-0.05, 0) is 50.1 Å². The Balaban J connectivity index is 1.91. The fraction of sp³-hybridized carbons (Fsp3) is 0.263. The van der Waals surface area contributed by atoms with E-state index in [0.717, 1.165) is 23.3 Å². The standard InChI is InChI=1S/C19H19F2NO3/c1-11-4-5-14(8-12(11)2)19(24)25-10-18(23)22-13(3)16-7-6-15(20)9-17(16)21/h4-9,13H,10H2,1-3H3,(H,22,23)/t13-/m1/s1. The maximum atomic E-state index is 13.7. The van der Waals surface area contributed by atoms with Gasteiger partial charge in [-0.2, -0.15) is 0 Å². The van der Waals surface area contributed by atoms with Crippen LogP contribution in [-0.2, 0) is 9.53 Å². The molecule has 0 bridgehead atoms. The average molecular weight is 347 g/mol. The highest BCUT2D eigenvalue weighted by atomic mass is 19.1.